The minimum Gasteiger partial charge on any atom is -0.361 e. The third kappa shape index (κ3) is 3.28. The zero-order chi connectivity index (χ0) is 17.1. The van der Waals surface area contributed by atoms with Gasteiger partial charge in [0.2, 0.25) is 0 Å². The summed E-state index contributed by atoms with van der Waals surface area (Å²) in [5.41, 5.74) is 2.16. The Bertz CT molecular complexity index is 999. The summed E-state index contributed by atoms with van der Waals surface area (Å²) < 4.78 is 0. The normalized spacial score (nSPS) is 11.3. The molecule has 0 aliphatic rings. The van der Waals surface area contributed by atoms with E-state index in [-0.39, 0.29) is 5.57 Å². The highest BCUT2D eigenvalue weighted by atomic mass is 35.5. The zero-order valence-corrected chi connectivity index (χ0v) is 13.8. The average molecular weight is 356 g/mol. The first kappa shape index (κ1) is 16.1. The molecule has 1 heterocycles. The van der Waals surface area contributed by atoms with Gasteiger partial charge in [-0.25, -0.2) is 0 Å². The number of para-hydroxylation sites is 1. The molecule has 0 spiro atoms. The molecule has 1 aromatic heterocycles. The lowest BCUT2D eigenvalue weighted by atomic mass is 10.1. The van der Waals surface area contributed by atoms with E-state index in [9.17, 15) is 10.1 Å². The number of benzene rings is 2. The number of aromatic nitrogens is 1. The van der Waals surface area contributed by atoms with E-state index in [1.807, 2.05) is 30.3 Å². The van der Waals surface area contributed by atoms with Gasteiger partial charge in [-0.1, -0.05) is 41.4 Å². The lowest BCUT2D eigenvalue weighted by Crippen LogP contribution is -2.13. The van der Waals surface area contributed by atoms with Crippen LogP contribution >= 0.6 is 23.2 Å². The Kier molecular flexibility index (Phi) is 4.57. The first-order valence-corrected chi connectivity index (χ1v) is 7.78. The number of hydrogen-bond donors (Lipinski definition) is 2. The molecule has 0 radical (unpaired) electrons. The number of carbonyl (C=O) groups excluding carboxylic acids is 1. The number of halogens is 2. The summed E-state index contributed by atoms with van der Waals surface area (Å²) in [6.07, 6.45) is 3.31. The number of fused-ring (bicyclic) bond motifs is 1. The summed E-state index contributed by atoms with van der Waals surface area (Å²) in [5.74, 6) is -0.513. The lowest BCUT2D eigenvalue weighted by molar-refractivity contribution is -0.112. The van der Waals surface area contributed by atoms with Crippen molar-refractivity contribution in [1.29, 1.82) is 5.26 Å². The van der Waals surface area contributed by atoms with Crippen LogP contribution in [0, 0.1) is 11.3 Å². The van der Waals surface area contributed by atoms with Gasteiger partial charge in [-0.3, -0.25) is 4.79 Å². The molecule has 0 saturated heterocycles. The molecule has 0 fully saturated rings. The molecule has 1 amide bonds. The Balaban J connectivity index is 1.89. The second kappa shape index (κ2) is 6.79. The Hall–Kier alpha value is -2.74. The van der Waals surface area contributed by atoms with Gasteiger partial charge < -0.3 is 10.3 Å². The van der Waals surface area contributed by atoms with E-state index in [1.165, 1.54) is 6.07 Å². The van der Waals surface area contributed by atoms with Crippen molar-refractivity contribution < 1.29 is 4.79 Å². The van der Waals surface area contributed by atoms with E-state index in [2.05, 4.69) is 10.3 Å². The summed E-state index contributed by atoms with van der Waals surface area (Å²) >= 11 is 11.8. The van der Waals surface area contributed by atoms with E-state index in [0.717, 1.165) is 16.5 Å². The molecule has 118 valence electrons. The van der Waals surface area contributed by atoms with Crippen molar-refractivity contribution in [2.24, 2.45) is 0 Å². The molecular formula is C18H11Cl2N3O. The molecule has 0 aliphatic carbocycles. The van der Waals surface area contributed by atoms with Crippen molar-refractivity contribution in [2.45, 2.75) is 0 Å². The van der Waals surface area contributed by atoms with Crippen LogP contribution in [0.3, 0.4) is 0 Å². The van der Waals surface area contributed by atoms with Gasteiger partial charge in [-0.15, -0.1) is 0 Å². The number of hydrogen-bond acceptors (Lipinski definition) is 2. The number of amides is 1. The number of nitrogens with one attached hydrogen (secondary N) is 2. The highest BCUT2D eigenvalue weighted by Crippen LogP contribution is 2.25. The second-order valence-electron chi connectivity index (χ2n) is 5.04. The number of aromatic amines is 1. The highest BCUT2D eigenvalue weighted by molar-refractivity contribution is 6.42. The smallest absolute Gasteiger partial charge is 0.266 e. The molecule has 0 bridgehead atoms. The summed E-state index contributed by atoms with van der Waals surface area (Å²) in [6.45, 7) is 0. The van der Waals surface area contributed by atoms with Crippen LogP contribution in [-0.4, -0.2) is 10.9 Å². The third-order valence-corrected chi connectivity index (χ3v) is 4.20. The van der Waals surface area contributed by atoms with Crippen molar-refractivity contribution in [1.82, 2.24) is 4.98 Å². The van der Waals surface area contributed by atoms with E-state index >= 15 is 0 Å². The minimum absolute atomic E-state index is 0.00849. The molecule has 0 aliphatic heterocycles. The van der Waals surface area contributed by atoms with Crippen LogP contribution in [-0.2, 0) is 4.79 Å². The summed E-state index contributed by atoms with van der Waals surface area (Å²) in [6, 6.07) is 14.3. The fourth-order valence-electron chi connectivity index (χ4n) is 2.29. The first-order valence-electron chi connectivity index (χ1n) is 7.03. The van der Waals surface area contributed by atoms with Crippen LogP contribution < -0.4 is 5.32 Å². The number of rotatable bonds is 3. The van der Waals surface area contributed by atoms with Gasteiger partial charge in [-0.2, -0.15) is 5.26 Å². The predicted molar refractivity (Wildman–Crippen MR) is 97.0 cm³/mol. The van der Waals surface area contributed by atoms with Crippen LogP contribution in [0.25, 0.3) is 17.0 Å². The van der Waals surface area contributed by atoms with Crippen molar-refractivity contribution in [2.75, 3.05) is 5.32 Å². The topological polar surface area (TPSA) is 68.7 Å². The highest BCUT2D eigenvalue weighted by Gasteiger charge is 2.12. The van der Waals surface area contributed by atoms with Crippen LogP contribution in [0.1, 0.15) is 5.56 Å². The number of carbonyl (C=O) groups is 1. The van der Waals surface area contributed by atoms with Crippen molar-refractivity contribution in [3.05, 3.63) is 69.8 Å². The summed E-state index contributed by atoms with van der Waals surface area (Å²) in [7, 11) is 0. The lowest BCUT2D eigenvalue weighted by Gasteiger charge is -2.05. The van der Waals surface area contributed by atoms with Crippen LogP contribution in [0.2, 0.25) is 10.0 Å². The maximum absolute atomic E-state index is 12.3. The molecule has 0 saturated carbocycles. The molecule has 24 heavy (non-hydrogen) atoms. The number of nitrogens with zero attached hydrogens (tertiary/aromatic N) is 1. The van der Waals surface area contributed by atoms with Crippen LogP contribution in [0.4, 0.5) is 5.69 Å². The summed E-state index contributed by atoms with van der Waals surface area (Å²) in [4.78, 5) is 15.4. The first-order chi connectivity index (χ1) is 11.6. The van der Waals surface area contributed by atoms with Gasteiger partial charge in [0.05, 0.1) is 10.0 Å². The fraction of sp³-hybridized carbons (Fsp3) is 0. The Morgan fingerprint density at radius 1 is 1.17 bits per heavy atom. The monoisotopic (exact) mass is 355 g/mol. The average Bonchev–Trinajstić information content (AvgIpc) is 2.99. The van der Waals surface area contributed by atoms with Crippen molar-refractivity contribution in [3.63, 3.8) is 0 Å². The van der Waals surface area contributed by atoms with E-state index in [1.54, 1.807) is 24.4 Å². The van der Waals surface area contributed by atoms with Crippen LogP contribution in [0.5, 0.6) is 0 Å². The number of anilines is 1. The predicted octanol–water partition coefficient (Wildman–Crippen LogP) is 5.02. The Morgan fingerprint density at radius 2 is 1.96 bits per heavy atom. The van der Waals surface area contributed by atoms with E-state index in [4.69, 9.17) is 23.2 Å². The van der Waals surface area contributed by atoms with E-state index in [0.29, 0.717) is 15.7 Å². The Morgan fingerprint density at radius 3 is 2.71 bits per heavy atom. The third-order valence-electron chi connectivity index (χ3n) is 3.46. The fourth-order valence-corrected chi connectivity index (χ4v) is 2.59. The van der Waals surface area contributed by atoms with Gasteiger partial charge in [0.15, 0.2) is 0 Å². The zero-order valence-electron chi connectivity index (χ0n) is 12.3. The second-order valence-corrected chi connectivity index (χ2v) is 5.86. The summed E-state index contributed by atoms with van der Waals surface area (Å²) in [5, 5.41) is 13.6. The standard InChI is InChI=1S/C18H11Cl2N3O/c19-15-6-5-13(8-16(15)20)23-18(24)11(9-21)7-12-10-22-17-4-2-1-3-14(12)17/h1-8,10,22H,(H,23,24)/b11-7-. The van der Waals surface area contributed by atoms with Gasteiger partial charge in [-0.05, 0) is 30.3 Å². The molecule has 0 atom stereocenters. The van der Waals surface area contributed by atoms with Crippen molar-refractivity contribution in [3.8, 4) is 6.07 Å². The Labute approximate surface area is 148 Å². The van der Waals surface area contributed by atoms with Crippen molar-refractivity contribution >= 4 is 51.8 Å². The molecule has 4 nitrogen and oxygen atoms in total. The maximum Gasteiger partial charge on any atom is 0.266 e. The molecule has 3 aromatic rings. The minimum atomic E-state index is -0.513. The van der Waals surface area contributed by atoms with Gasteiger partial charge >= 0.3 is 0 Å². The molecule has 2 N–H and O–H groups in total. The maximum atomic E-state index is 12.3. The van der Waals surface area contributed by atoms with Crippen LogP contribution in [0.15, 0.2) is 54.2 Å². The quantitative estimate of drug-likeness (QED) is 0.511. The van der Waals surface area contributed by atoms with E-state index < -0.39 is 5.91 Å². The SMILES string of the molecule is N#C/C(=C/c1c[nH]c2ccccc12)C(=O)Nc1ccc(Cl)c(Cl)c1. The molecule has 3 rings (SSSR count). The number of H-pyrrole nitrogens is 1. The van der Waals surface area contributed by atoms with Gasteiger partial charge in [0, 0.05) is 28.4 Å². The molecule has 0 unspecified atom stereocenters. The number of nitriles is 1. The molecule has 2 aromatic carbocycles. The molecule has 6 heteroatoms. The molecular weight excluding hydrogens is 345 g/mol. The van der Waals surface area contributed by atoms with Gasteiger partial charge in [0.1, 0.15) is 11.6 Å². The van der Waals surface area contributed by atoms with Gasteiger partial charge in [0.25, 0.3) is 5.91 Å². The largest absolute Gasteiger partial charge is 0.361 e.